The number of thioether (sulfide) groups is 1. The molecule has 4 rings (SSSR count). The average Bonchev–Trinajstić information content (AvgIpc) is 3.09. The molecule has 0 saturated carbocycles. The lowest BCUT2D eigenvalue weighted by Crippen LogP contribution is -2.38. The van der Waals surface area contributed by atoms with Gasteiger partial charge in [0.15, 0.2) is 5.17 Å². The zero-order valence-corrected chi connectivity index (χ0v) is 16.8. The molecule has 0 bridgehead atoms. The summed E-state index contributed by atoms with van der Waals surface area (Å²) in [6.07, 6.45) is 0. The van der Waals surface area contributed by atoms with Crippen molar-refractivity contribution in [1.29, 1.82) is 5.26 Å². The predicted molar refractivity (Wildman–Crippen MR) is 113 cm³/mol. The van der Waals surface area contributed by atoms with Gasteiger partial charge in [0.25, 0.3) is 0 Å². The number of halogens is 1. The van der Waals surface area contributed by atoms with Gasteiger partial charge >= 0.3 is 5.97 Å². The van der Waals surface area contributed by atoms with E-state index >= 15 is 0 Å². The first-order chi connectivity index (χ1) is 14.5. The predicted octanol–water partition coefficient (Wildman–Crippen LogP) is 3.91. The van der Waals surface area contributed by atoms with Crippen LogP contribution in [0.1, 0.15) is 24.1 Å². The molecule has 0 saturated heterocycles. The number of esters is 1. The van der Waals surface area contributed by atoms with Gasteiger partial charge in [0.05, 0.1) is 23.9 Å². The number of hydrogen-bond acceptors (Lipinski definition) is 7. The minimum atomic E-state index is -0.717. The molecule has 150 valence electrons. The van der Waals surface area contributed by atoms with E-state index in [1.807, 2.05) is 30.3 Å². The molecular formula is C22H17FN4O2S. The Balaban J connectivity index is 1.99. The van der Waals surface area contributed by atoms with Gasteiger partial charge in [-0.1, -0.05) is 42.5 Å². The van der Waals surface area contributed by atoms with Crippen molar-refractivity contribution in [3.8, 4) is 6.07 Å². The third kappa shape index (κ3) is 3.33. The molecule has 2 heterocycles. The van der Waals surface area contributed by atoms with Crippen LogP contribution in [0.4, 0.5) is 4.39 Å². The standard InChI is InChI=1S/C22H17FN4O2S/c1-2-29-21(28)17-18(13-6-4-3-5-7-13)26-22-27(20(25)16(12-24)30-22)19(17)14-8-10-15(23)11-9-14/h3-11,19H,2,25H2,1H3/t19-/m0/s1. The van der Waals surface area contributed by atoms with Crippen molar-refractivity contribution in [2.75, 3.05) is 6.61 Å². The molecule has 6 nitrogen and oxygen atoms in total. The molecule has 2 aliphatic rings. The van der Waals surface area contributed by atoms with Gasteiger partial charge in [-0.15, -0.1) is 0 Å². The largest absolute Gasteiger partial charge is 0.463 e. The van der Waals surface area contributed by atoms with Crippen LogP contribution in [0.2, 0.25) is 0 Å². The topological polar surface area (TPSA) is 91.7 Å². The lowest BCUT2D eigenvalue weighted by molar-refractivity contribution is -0.139. The molecule has 0 aliphatic carbocycles. The van der Waals surface area contributed by atoms with Crippen molar-refractivity contribution in [1.82, 2.24) is 4.90 Å². The number of nitrogens with zero attached hydrogens (tertiary/aromatic N) is 3. The lowest BCUT2D eigenvalue weighted by Gasteiger charge is -2.35. The van der Waals surface area contributed by atoms with E-state index in [0.717, 1.165) is 17.3 Å². The van der Waals surface area contributed by atoms with Gasteiger partial charge in [0.2, 0.25) is 0 Å². The number of fused-ring (bicyclic) bond motifs is 1. The highest BCUT2D eigenvalue weighted by Gasteiger charge is 2.43. The van der Waals surface area contributed by atoms with Gasteiger partial charge < -0.3 is 10.5 Å². The Hall–Kier alpha value is -3.57. The number of ether oxygens (including phenoxy) is 1. The van der Waals surface area contributed by atoms with Gasteiger partial charge in [0.1, 0.15) is 22.6 Å². The van der Waals surface area contributed by atoms with Crippen LogP contribution in [0, 0.1) is 17.1 Å². The second-order valence-electron chi connectivity index (χ2n) is 6.50. The number of allylic oxidation sites excluding steroid dienone is 1. The monoisotopic (exact) mass is 420 g/mol. The lowest BCUT2D eigenvalue weighted by atomic mass is 9.92. The summed E-state index contributed by atoms with van der Waals surface area (Å²) in [5.74, 6) is -0.744. The summed E-state index contributed by atoms with van der Waals surface area (Å²) >= 11 is 1.14. The zero-order chi connectivity index (χ0) is 21.3. The average molecular weight is 420 g/mol. The second-order valence-corrected chi connectivity index (χ2v) is 7.47. The van der Waals surface area contributed by atoms with E-state index in [1.165, 1.54) is 12.1 Å². The molecule has 0 radical (unpaired) electrons. The molecule has 2 aliphatic heterocycles. The van der Waals surface area contributed by atoms with Crippen LogP contribution in [0.3, 0.4) is 0 Å². The summed E-state index contributed by atoms with van der Waals surface area (Å²) in [7, 11) is 0. The minimum Gasteiger partial charge on any atom is -0.463 e. The summed E-state index contributed by atoms with van der Waals surface area (Å²) < 4.78 is 19.0. The summed E-state index contributed by atoms with van der Waals surface area (Å²) in [6, 6.07) is 16.4. The minimum absolute atomic E-state index is 0.181. The Morgan fingerprint density at radius 1 is 1.27 bits per heavy atom. The molecule has 2 N–H and O–H groups in total. The summed E-state index contributed by atoms with van der Waals surface area (Å²) in [5, 5.41) is 9.95. The molecule has 0 fully saturated rings. The third-order valence-corrected chi connectivity index (χ3v) is 5.69. The van der Waals surface area contributed by atoms with E-state index in [1.54, 1.807) is 24.0 Å². The van der Waals surface area contributed by atoms with E-state index in [9.17, 15) is 14.4 Å². The summed E-state index contributed by atoms with van der Waals surface area (Å²) in [5.41, 5.74) is 8.33. The molecule has 2 aromatic rings. The number of nitrogens with two attached hydrogens (primary N) is 1. The molecule has 2 aromatic carbocycles. The fraction of sp³-hybridized carbons (Fsp3) is 0.136. The number of carbonyl (C=O) groups is 1. The molecular weight excluding hydrogens is 403 g/mol. The van der Waals surface area contributed by atoms with Crippen LogP contribution in [-0.2, 0) is 9.53 Å². The molecule has 8 heteroatoms. The maximum Gasteiger partial charge on any atom is 0.338 e. The molecule has 0 spiro atoms. The van der Waals surface area contributed by atoms with Gasteiger partial charge in [-0.05, 0) is 36.4 Å². The Labute approximate surface area is 177 Å². The van der Waals surface area contributed by atoms with Crippen LogP contribution < -0.4 is 5.73 Å². The summed E-state index contributed by atoms with van der Waals surface area (Å²) in [4.78, 5) is 19.7. The van der Waals surface area contributed by atoms with Crippen molar-refractivity contribution in [2.45, 2.75) is 13.0 Å². The highest BCUT2D eigenvalue weighted by atomic mass is 32.2. The molecule has 0 unspecified atom stereocenters. The number of hydrogen-bond donors (Lipinski definition) is 1. The highest BCUT2D eigenvalue weighted by molar-refractivity contribution is 8.17. The normalized spacial score (nSPS) is 18.1. The van der Waals surface area contributed by atoms with Gasteiger partial charge in [0, 0.05) is 5.56 Å². The number of carbonyl (C=O) groups excluding carboxylic acids is 1. The molecule has 1 atom stereocenters. The van der Waals surface area contributed by atoms with E-state index < -0.39 is 17.8 Å². The van der Waals surface area contributed by atoms with Crippen LogP contribution >= 0.6 is 11.8 Å². The van der Waals surface area contributed by atoms with Crippen molar-refractivity contribution in [3.05, 3.63) is 87.8 Å². The first kappa shape index (κ1) is 19.7. The number of aliphatic imine (C=N–C) groups is 1. The maximum atomic E-state index is 13.6. The van der Waals surface area contributed by atoms with Crippen LogP contribution in [0.15, 0.2) is 75.9 Å². The van der Waals surface area contributed by atoms with Gasteiger partial charge in [-0.3, -0.25) is 4.90 Å². The third-order valence-electron chi connectivity index (χ3n) is 4.72. The van der Waals surface area contributed by atoms with Crippen LogP contribution in [0.5, 0.6) is 0 Å². The molecule has 0 amide bonds. The fourth-order valence-corrected chi connectivity index (χ4v) is 4.29. The Kier molecular flexibility index (Phi) is 5.29. The second kappa shape index (κ2) is 8.05. The zero-order valence-electron chi connectivity index (χ0n) is 16.0. The Morgan fingerprint density at radius 2 is 1.97 bits per heavy atom. The fourth-order valence-electron chi connectivity index (χ4n) is 3.42. The molecule has 0 aromatic heterocycles. The van der Waals surface area contributed by atoms with Crippen LogP contribution in [-0.4, -0.2) is 22.6 Å². The van der Waals surface area contributed by atoms with Crippen molar-refractivity contribution >= 4 is 28.6 Å². The van der Waals surface area contributed by atoms with Crippen molar-refractivity contribution in [3.63, 3.8) is 0 Å². The number of rotatable bonds is 4. The first-order valence-corrected chi connectivity index (χ1v) is 10.0. The Bertz CT molecular complexity index is 1130. The highest BCUT2D eigenvalue weighted by Crippen LogP contribution is 2.47. The number of amidine groups is 1. The first-order valence-electron chi connectivity index (χ1n) is 9.23. The quantitative estimate of drug-likeness (QED) is 0.754. The van der Waals surface area contributed by atoms with E-state index in [-0.39, 0.29) is 18.0 Å². The smallest absolute Gasteiger partial charge is 0.338 e. The van der Waals surface area contributed by atoms with E-state index in [0.29, 0.717) is 21.3 Å². The van der Waals surface area contributed by atoms with Gasteiger partial charge in [-0.2, -0.15) is 5.26 Å². The SMILES string of the molecule is CCOC(=O)C1=C(c2ccccc2)N=C2SC(C#N)=C(N)N2[C@H]1c1ccc(F)cc1. The maximum absolute atomic E-state index is 13.6. The number of nitriles is 1. The summed E-state index contributed by atoms with van der Waals surface area (Å²) in [6.45, 7) is 1.90. The number of benzene rings is 2. The van der Waals surface area contributed by atoms with Gasteiger partial charge in [-0.25, -0.2) is 14.2 Å². The van der Waals surface area contributed by atoms with Crippen LogP contribution in [0.25, 0.3) is 5.70 Å². The van der Waals surface area contributed by atoms with E-state index in [4.69, 9.17) is 10.5 Å². The van der Waals surface area contributed by atoms with Crippen molar-refractivity contribution < 1.29 is 13.9 Å². The van der Waals surface area contributed by atoms with Crippen molar-refractivity contribution in [2.24, 2.45) is 10.7 Å². The molecule has 30 heavy (non-hydrogen) atoms. The Morgan fingerprint density at radius 3 is 2.60 bits per heavy atom. The van der Waals surface area contributed by atoms with E-state index in [2.05, 4.69) is 11.1 Å².